The molecule has 1 aliphatic rings. The van der Waals surface area contributed by atoms with Gasteiger partial charge in [0.1, 0.15) is 5.75 Å². The molecule has 1 aromatic carbocycles. The van der Waals surface area contributed by atoms with E-state index >= 15 is 0 Å². The molecule has 0 saturated carbocycles. The van der Waals surface area contributed by atoms with Crippen LogP contribution in [-0.2, 0) is 0 Å². The van der Waals surface area contributed by atoms with Crippen LogP contribution in [-0.4, -0.2) is 36.9 Å². The number of Topliss-reactive ketones (excluding diaryl/α,β-unsaturated/α-hetero) is 1. The minimum Gasteiger partial charge on any atom is -0.495 e. The first kappa shape index (κ1) is 14.9. The minimum atomic E-state index is 0.139. The van der Waals surface area contributed by atoms with Crippen molar-refractivity contribution in [2.24, 2.45) is 0 Å². The predicted octanol–water partition coefficient (Wildman–Crippen LogP) is 2.72. The molecule has 0 aromatic heterocycles. The lowest BCUT2D eigenvalue weighted by Gasteiger charge is -2.34. The number of methoxy groups -OCH3 is 1. The summed E-state index contributed by atoms with van der Waals surface area (Å²) in [6.07, 6.45) is 4.78. The highest BCUT2D eigenvalue weighted by atomic mass is 16.5. The first-order valence-corrected chi connectivity index (χ1v) is 7.36. The molecule has 4 heteroatoms. The number of ketones is 1. The molecule has 0 radical (unpaired) electrons. The van der Waals surface area contributed by atoms with Crippen molar-refractivity contribution in [2.45, 2.75) is 38.6 Å². The summed E-state index contributed by atoms with van der Waals surface area (Å²) in [5.41, 5.74) is 7.05. The van der Waals surface area contributed by atoms with Gasteiger partial charge in [-0.25, -0.2) is 0 Å². The second-order valence-corrected chi connectivity index (χ2v) is 5.41. The third-order valence-electron chi connectivity index (χ3n) is 4.12. The zero-order valence-electron chi connectivity index (χ0n) is 12.4. The van der Waals surface area contributed by atoms with Crippen molar-refractivity contribution in [3.05, 3.63) is 23.8 Å². The smallest absolute Gasteiger partial charge is 0.176 e. The Bertz CT molecular complexity index is 474. The summed E-state index contributed by atoms with van der Waals surface area (Å²) in [6, 6.07) is 5.81. The van der Waals surface area contributed by atoms with Gasteiger partial charge >= 0.3 is 0 Å². The number of nitrogens with zero attached hydrogens (tertiary/aromatic N) is 1. The molecule has 1 aliphatic heterocycles. The number of carbonyl (C=O) groups is 1. The summed E-state index contributed by atoms with van der Waals surface area (Å²) < 4.78 is 5.12. The number of piperidine rings is 1. The van der Waals surface area contributed by atoms with Crippen LogP contribution in [0.3, 0.4) is 0 Å². The summed E-state index contributed by atoms with van der Waals surface area (Å²) in [7, 11) is 1.58. The number of carbonyl (C=O) groups excluding carboxylic acids is 1. The second kappa shape index (κ2) is 6.75. The van der Waals surface area contributed by atoms with Crippen LogP contribution in [0.4, 0.5) is 5.69 Å². The molecular weight excluding hydrogens is 252 g/mol. The molecule has 2 rings (SSSR count). The summed E-state index contributed by atoms with van der Waals surface area (Å²) in [5.74, 6) is 0.755. The summed E-state index contributed by atoms with van der Waals surface area (Å²) in [4.78, 5) is 14.7. The molecule has 20 heavy (non-hydrogen) atoms. The van der Waals surface area contributed by atoms with E-state index in [-0.39, 0.29) is 5.78 Å². The summed E-state index contributed by atoms with van der Waals surface area (Å²) in [5, 5.41) is 0. The molecule has 1 unspecified atom stereocenters. The number of hydrogen-bond acceptors (Lipinski definition) is 4. The van der Waals surface area contributed by atoms with Crippen molar-refractivity contribution in [1.82, 2.24) is 4.90 Å². The van der Waals surface area contributed by atoms with E-state index in [1.165, 1.54) is 19.3 Å². The van der Waals surface area contributed by atoms with E-state index in [2.05, 4.69) is 11.8 Å². The Morgan fingerprint density at radius 1 is 1.45 bits per heavy atom. The number of nitrogen functional groups attached to an aromatic ring is 1. The zero-order chi connectivity index (χ0) is 14.5. The number of hydrogen-bond donors (Lipinski definition) is 1. The van der Waals surface area contributed by atoms with Crippen LogP contribution in [0.1, 0.15) is 43.0 Å². The molecule has 1 saturated heterocycles. The molecule has 0 bridgehead atoms. The van der Waals surface area contributed by atoms with E-state index < -0.39 is 0 Å². The molecule has 1 fully saturated rings. The van der Waals surface area contributed by atoms with E-state index in [4.69, 9.17) is 10.5 Å². The number of anilines is 1. The van der Waals surface area contributed by atoms with Gasteiger partial charge < -0.3 is 10.5 Å². The highest BCUT2D eigenvalue weighted by molar-refractivity contribution is 5.98. The maximum atomic E-state index is 12.4. The first-order chi connectivity index (χ1) is 9.65. The minimum absolute atomic E-state index is 0.139. The van der Waals surface area contributed by atoms with Gasteiger partial charge in [-0.15, -0.1) is 0 Å². The normalized spacial score (nSPS) is 19.8. The third kappa shape index (κ3) is 3.31. The Balaban J connectivity index is 2.05. The Labute approximate surface area is 120 Å². The second-order valence-electron chi connectivity index (χ2n) is 5.41. The SMILES string of the molecule is CCC1CCCCN1CC(=O)c1ccc(OC)c(N)c1. The van der Waals surface area contributed by atoms with Crippen LogP contribution in [0.2, 0.25) is 0 Å². The van der Waals surface area contributed by atoms with E-state index in [9.17, 15) is 4.79 Å². The Morgan fingerprint density at radius 3 is 2.90 bits per heavy atom. The van der Waals surface area contributed by atoms with Gasteiger partial charge in [-0.2, -0.15) is 0 Å². The molecule has 0 spiro atoms. The van der Waals surface area contributed by atoms with Crippen LogP contribution in [0, 0.1) is 0 Å². The van der Waals surface area contributed by atoms with E-state index in [0.717, 1.165) is 13.0 Å². The Hall–Kier alpha value is -1.55. The van der Waals surface area contributed by atoms with Gasteiger partial charge in [-0.3, -0.25) is 9.69 Å². The third-order valence-corrected chi connectivity index (χ3v) is 4.12. The number of nitrogens with two attached hydrogens (primary N) is 1. The van der Waals surface area contributed by atoms with E-state index in [0.29, 0.717) is 29.6 Å². The van der Waals surface area contributed by atoms with Crippen LogP contribution >= 0.6 is 0 Å². The topological polar surface area (TPSA) is 55.6 Å². The first-order valence-electron chi connectivity index (χ1n) is 7.36. The van der Waals surface area contributed by atoms with Crippen molar-refractivity contribution in [1.29, 1.82) is 0 Å². The molecule has 1 heterocycles. The summed E-state index contributed by atoms with van der Waals surface area (Å²) >= 11 is 0. The number of likely N-dealkylation sites (tertiary alicyclic amines) is 1. The van der Waals surface area contributed by atoms with Crippen molar-refractivity contribution in [2.75, 3.05) is 25.9 Å². The van der Waals surface area contributed by atoms with Gasteiger partial charge in [0.25, 0.3) is 0 Å². The van der Waals surface area contributed by atoms with Crippen molar-refractivity contribution in [3.63, 3.8) is 0 Å². The van der Waals surface area contributed by atoms with Gasteiger partial charge in [0.2, 0.25) is 0 Å². The average Bonchev–Trinajstić information content (AvgIpc) is 2.47. The van der Waals surface area contributed by atoms with Gasteiger partial charge in [0, 0.05) is 11.6 Å². The molecule has 1 atom stereocenters. The molecule has 2 N–H and O–H groups in total. The Kier molecular flexibility index (Phi) is 5.01. The van der Waals surface area contributed by atoms with E-state index in [1.807, 2.05) is 0 Å². The molecule has 4 nitrogen and oxygen atoms in total. The van der Waals surface area contributed by atoms with Crippen LogP contribution in [0.15, 0.2) is 18.2 Å². The lowest BCUT2D eigenvalue weighted by atomic mass is 9.99. The van der Waals surface area contributed by atoms with Gasteiger partial charge in [0.15, 0.2) is 5.78 Å². The molecule has 1 aromatic rings. The number of rotatable bonds is 5. The number of benzene rings is 1. The van der Waals surface area contributed by atoms with Crippen LogP contribution in [0.5, 0.6) is 5.75 Å². The Morgan fingerprint density at radius 2 is 2.25 bits per heavy atom. The maximum Gasteiger partial charge on any atom is 0.176 e. The largest absolute Gasteiger partial charge is 0.495 e. The lowest BCUT2D eigenvalue weighted by molar-refractivity contribution is 0.0838. The maximum absolute atomic E-state index is 12.4. The lowest BCUT2D eigenvalue weighted by Crippen LogP contribution is -2.42. The summed E-state index contributed by atoms with van der Waals surface area (Å²) in [6.45, 7) is 3.71. The fourth-order valence-electron chi connectivity index (χ4n) is 2.91. The quantitative estimate of drug-likeness (QED) is 0.663. The average molecular weight is 276 g/mol. The fourth-order valence-corrected chi connectivity index (χ4v) is 2.91. The van der Waals surface area contributed by atoms with Crippen molar-refractivity contribution in [3.8, 4) is 5.75 Å². The highest BCUT2D eigenvalue weighted by Gasteiger charge is 2.23. The molecular formula is C16H24N2O2. The van der Waals surface area contributed by atoms with Gasteiger partial charge in [-0.05, 0) is 44.0 Å². The molecule has 0 aliphatic carbocycles. The van der Waals surface area contributed by atoms with Crippen LogP contribution < -0.4 is 10.5 Å². The van der Waals surface area contributed by atoms with Crippen molar-refractivity contribution < 1.29 is 9.53 Å². The highest BCUT2D eigenvalue weighted by Crippen LogP contribution is 2.23. The zero-order valence-corrected chi connectivity index (χ0v) is 12.4. The predicted molar refractivity (Wildman–Crippen MR) is 81.2 cm³/mol. The van der Waals surface area contributed by atoms with Crippen LogP contribution in [0.25, 0.3) is 0 Å². The van der Waals surface area contributed by atoms with Gasteiger partial charge in [0.05, 0.1) is 19.3 Å². The standard InChI is InChI=1S/C16H24N2O2/c1-3-13-6-4-5-9-18(13)11-15(19)12-7-8-16(20-2)14(17)10-12/h7-8,10,13H,3-6,9,11,17H2,1-2H3. The molecule has 110 valence electrons. The monoisotopic (exact) mass is 276 g/mol. The molecule has 0 amide bonds. The number of ether oxygens (including phenoxy) is 1. The van der Waals surface area contributed by atoms with Crippen molar-refractivity contribution >= 4 is 11.5 Å². The van der Waals surface area contributed by atoms with E-state index in [1.54, 1.807) is 25.3 Å². The fraction of sp³-hybridized carbons (Fsp3) is 0.562. The van der Waals surface area contributed by atoms with Gasteiger partial charge in [-0.1, -0.05) is 13.3 Å².